The van der Waals surface area contributed by atoms with Crippen LogP contribution in [0.3, 0.4) is 0 Å². The number of benzene rings is 2. The maximum Gasteiger partial charge on any atom is 0.112 e. The van der Waals surface area contributed by atoms with Crippen LogP contribution in [0.5, 0.6) is 0 Å². The molecule has 1 unspecified atom stereocenters. The Balaban J connectivity index is 2.40. The Kier molecular flexibility index (Phi) is 4.39. The van der Waals surface area contributed by atoms with Gasteiger partial charge in [-0.15, -0.1) is 0 Å². The molecule has 1 N–H and O–H groups in total. The van der Waals surface area contributed by atoms with Crippen molar-refractivity contribution in [1.29, 1.82) is 0 Å². The van der Waals surface area contributed by atoms with Gasteiger partial charge in [0.15, 0.2) is 0 Å². The molecule has 0 amide bonds. The Morgan fingerprint density at radius 2 is 1.58 bits per heavy atom. The second-order valence-corrected chi connectivity index (χ2v) is 5.20. The van der Waals surface area contributed by atoms with E-state index in [9.17, 15) is 5.11 Å². The van der Waals surface area contributed by atoms with Crippen LogP contribution < -0.4 is 0 Å². The predicted molar refractivity (Wildman–Crippen MR) is 80.2 cm³/mol. The van der Waals surface area contributed by atoms with Crippen LogP contribution in [0.15, 0.2) is 54.6 Å². The largest absolute Gasteiger partial charge is 0.381 e. The number of aliphatic hydroxyl groups is 1. The van der Waals surface area contributed by atoms with Gasteiger partial charge < -0.3 is 5.11 Å². The fourth-order valence-corrected chi connectivity index (χ4v) is 2.50. The molecule has 100 valence electrons. The Labute approximate surface area is 115 Å². The minimum atomic E-state index is -0.925. The van der Waals surface area contributed by atoms with E-state index in [1.807, 2.05) is 49.4 Å². The summed E-state index contributed by atoms with van der Waals surface area (Å²) in [6, 6.07) is 18.1. The van der Waals surface area contributed by atoms with Gasteiger partial charge in [-0.1, -0.05) is 67.9 Å². The summed E-state index contributed by atoms with van der Waals surface area (Å²) in [5, 5.41) is 10.9. The number of hydrogen-bond donors (Lipinski definition) is 1. The van der Waals surface area contributed by atoms with E-state index in [2.05, 4.69) is 19.1 Å². The van der Waals surface area contributed by atoms with Gasteiger partial charge in [-0.25, -0.2) is 0 Å². The minimum Gasteiger partial charge on any atom is -0.381 e. The molecule has 0 saturated heterocycles. The van der Waals surface area contributed by atoms with Gasteiger partial charge in [-0.3, -0.25) is 0 Å². The summed E-state index contributed by atoms with van der Waals surface area (Å²) >= 11 is 0. The van der Waals surface area contributed by atoms with Crippen LogP contribution in [-0.4, -0.2) is 5.11 Å². The number of unbranched alkanes of at least 4 members (excludes halogenated alkanes) is 1. The molecule has 1 heteroatoms. The van der Waals surface area contributed by atoms with Crippen LogP contribution >= 0.6 is 0 Å². The molecule has 0 aliphatic heterocycles. The Morgan fingerprint density at radius 1 is 0.947 bits per heavy atom. The molecule has 0 aliphatic rings. The van der Waals surface area contributed by atoms with Crippen molar-refractivity contribution in [1.82, 2.24) is 0 Å². The second kappa shape index (κ2) is 6.03. The van der Waals surface area contributed by atoms with Gasteiger partial charge in [0.1, 0.15) is 5.60 Å². The molecule has 1 nitrogen and oxygen atoms in total. The standard InChI is InChI=1S/C18H22O/c1-3-4-10-15-11-8-9-14-17(15)18(2,19)16-12-6-5-7-13-16/h5-9,11-14,19H,3-4,10H2,1-2H3. The van der Waals surface area contributed by atoms with E-state index < -0.39 is 5.60 Å². The summed E-state index contributed by atoms with van der Waals surface area (Å²) in [5.74, 6) is 0. The summed E-state index contributed by atoms with van der Waals surface area (Å²) in [7, 11) is 0. The molecule has 0 aromatic heterocycles. The third kappa shape index (κ3) is 3.05. The molecule has 0 fully saturated rings. The molecule has 1 atom stereocenters. The molecular weight excluding hydrogens is 232 g/mol. The second-order valence-electron chi connectivity index (χ2n) is 5.20. The first-order valence-electron chi connectivity index (χ1n) is 7.02. The zero-order valence-electron chi connectivity index (χ0n) is 11.8. The van der Waals surface area contributed by atoms with E-state index in [4.69, 9.17) is 0 Å². The fourth-order valence-electron chi connectivity index (χ4n) is 2.50. The zero-order chi connectivity index (χ0) is 13.7. The van der Waals surface area contributed by atoms with Gasteiger partial charge in [-0.05, 0) is 36.5 Å². The van der Waals surface area contributed by atoms with E-state index in [0.29, 0.717) is 0 Å². The molecule has 0 radical (unpaired) electrons. The normalized spacial score (nSPS) is 14.1. The summed E-state index contributed by atoms with van der Waals surface area (Å²) in [6.07, 6.45) is 3.35. The van der Waals surface area contributed by atoms with Crippen LogP contribution in [-0.2, 0) is 12.0 Å². The molecule has 0 heterocycles. The minimum absolute atomic E-state index is 0.925. The summed E-state index contributed by atoms with van der Waals surface area (Å²) in [6.45, 7) is 4.07. The first-order chi connectivity index (χ1) is 9.16. The highest BCUT2D eigenvalue weighted by molar-refractivity contribution is 5.40. The monoisotopic (exact) mass is 254 g/mol. The van der Waals surface area contributed by atoms with Crippen molar-refractivity contribution < 1.29 is 5.11 Å². The van der Waals surface area contributed by atoms with Crippen molar-refractivity contribution in [2.24, 2.45) is 0 Å². The van der Waals surface area contributed by atoms with E-state index in [0.717, 1.165) is 24.0 Å². The fraction of sp³-hybridized carbons (Fsp3) is 0.333. The van der Waals surface area contributed by atoms with Crippen molar-refractivity contribution in [3.8, 4) is 0 Å². The maximum atomic E-state index is 10.9. The van der Waals surface area contributed by atoms with E-state index >= 15 is 0 Å². The summed E-state index contributed by atoms with van der Waals surface area (Å²) < 4.78 is 0. The van der Waals surface area contributed by atoms with Gasteiger partial charge >= 0.3 is 0 Å². The van der Waals surface area contributed by atoms with Crippen molar-refractivity contribution >= 4 is 0 Å². The van der Waals surface area contributed by atoms with Crippen molar-refractivity contribution in [2.45, 2.75) is 38.7 Å². The summed E-state index contributed by atoms with van der Waals surface area (Å²) in [5.41, 5.74) is 2.29. The first-order valence-corrected chi connectivity index (χ1v) is 7.02. The molecule has 0 aliphatic carbocycles. The zero-order valence-corrected chi connectivity index (χ0v) is 11.8. The molecule has 2 rings (SSSR count). The van der Waals surface area contributed by atoms with E-state index in [1.165, 1.54) is 12.0 Å². The first kappa shape index (κ1) is 13.8. The van der Waals surface area contributed by atoms with Gasteiger partial charge in [0.05, 0.1) is 0 Å². The van der Waals surface area contributed by atoms with Crippen LogP contribution in [0.2, 0.25) is 0 Å². The van der Waals surface area contributed by atoms with E-state index in [-0.39, 0.29) is 0 Å². The number of hydrogen-bond acceptors (Lipinski definition) is 1. The van der Waals surface area contributed by atoms with Crippen molar-refractivity contribution in [3.63, 3.8) is 0 Å². The smallest absolute Gasteiger partial charge is 0.112 e. The molecule has 0 spiro atoms. The molecule has 0 bridgehead atoms. The highest BCUT2D eigenvalue weighted by atomic mass is 16.3. The predicted octanol–water partition coefficient (Wildman–Crippen LogP) is 4.29. The maximum absolute atomic E-state index is 10.9. The molecule has 2 aromatic rings. The Bertz CT molecular complexity index is 514. The highest BCUT2D eigenvalue weighted by Gasteiger charge is 2.27. The van der Waals surface area contributed by atoms with Crippen molar-refractivity contribution in [3.05, 3.63) is 71.3 Å². The van der Waals surface area contributed by atoms with Gasteiger partial charge in [0.25, 0.3) is 0 Å². The van der Waals surface area contributed by atoms with Crippen LogP contribution in [0.4, 0.5) is 0 Å². The van der Waals surface area contributed by atoms with Crippen LogP contribution in [0.25, 0.3) is 0 Å². The lowest BCUT2D eigenvalue weighted by molar-refractivity contribution is 0.101. The number of rotatable bonds is 5. The Morgan fingerprint density at radius 3 is 2.26 bits per heavy atom. The average Bonchev–Trinajstić information content (AvgIpc) is 2.46. The Hall–Kier alpha value is -1.60. The molecule has 0 saturated carbocycles. The van der Waals surface area contributed by atoms with Crippen LogP contribution in [0.1, 0.15) is 43.4 Å². The summed E-state index contributed by atoms with van der Waals surface area (Å²) in [4.78, 5) is 0. The quantitative estimate of drug-likeness (QED) is 0.844. The third-order valence-electron chi connectivity index (χ3n) is 3.68. The lowest BCUT2D eigenvalue weighted by Gasteiger charge is -2.27. The van der Waals surface area contributed by atoms with Gasteiger partial charge in [-0.2, -0.15) is 0 Å². The SMILES string of the molecule is CCCCc1ccccc1C(C)(O)c1ccccc1. The van der Waals surface area contributed by atoms with Gasteiger partial charge in [0.2, 0.25) is 0 Å². The third-order valence-corrected chi connectivity index (χ3v) is 3.68. The van der Waals surface area contributed by atoms with E-state index in [1.54, 1.807) is 0 Å². The highest BCUT2D eigenvalue weighted by Crippen LogP contribution is 2.31. The molecule has 2 aromatic carbocycles. The van der Waals surface area contributed by atoms with Crippen molar-refractivity contribution in [2.75, 3.05) is 0 Å². The molecule has 19 heavy (non-hydrogen) atoms. The average molecular weight is 254 g/mol. The van der Waals surface area contributed by atoms with Crippen LogP contribution in [0, 0.1) is 0 Å². The van der Waals surface area contributed by atoms with Gasteiger partial charge in [0, 0.05) is 0 Å². The topological polar surface area (TPSA) is 20.2 Å². The molecular formula is C18H22O. The lowest BCUT2D eigenvalue weighted by Crippen LogP contribution is -2.24. The lowest BCUT2D eigenvalue weighted by atomic mass is 9.84. The number of aryl methyl sites for hydroxylation is 1.